The molecular weight excluding hydrogens is 562 g/mol. The number of rotatable bonds is 6. The van der Waals surface area contributed by atoms with Gasteiger partial charge in [-0.15, -0.1) is 6.42 Å². The highest BCUT2D eigenvalue weighted by molar-refractivity contribution is 6.02. The van der Waals surface area contributed by atoms with Crippen LogP contribution in [0.2, 0.25) is 0 Å². The third kappa shape index (κ3) is 4.32. The van der Waals surface area contributed by atoms with Gasteiger partial charge in [0.2, 0.25) is 0 Å². The molecule has 226 valence electrons. The molecular formula is C34H34F2N6O2. The molecule has 2 N–H and O–H groups in total. The second kappa shape index (κ2) is 10.6. The van der Waals surface area contributed by atoms with E-state index in [1.54, 1.807) is 24.4 Å². The summed E-state index contributed by atoms with van der Waals surface area (Å²) in [6.45, 7) is 2.92. The summed E-state index contributed by atoms with van der Waals surface area (Å²) in [5.74, 6) is 1.88. The Morgan fingerprint density at radius 3 is 2.73 bits per heavy atom. The Morgan fingerprint density at radius 2 is 1.93 bits per heavy atom. The van der Waals surface area contributed by atoms with Gasteiger partial charge in [0.25, 0.3) is 0 Å². The minimum Gasteiger partial charge on any atom is -0.461 e. The number of ether oxygens (including phenoxy) is 1. The fourth-order valence-corrected chi connectivity index (χ4v) is 8.18. The lowest BCUT2D eigenvalue weighted by Gasteiger charge is -2.35. The molecule has 0 aliphatic carbocycles. The number of halogens is 2. The van der Waals surface area contributed by atoms with Crippen molar-refractivity contribution in [2.45, 2.75) is 62.2 Å². The molecule has 0 saturated carbocycles. The number of hydrogen-bond donors (Lipinski definition) is 2. The van der Waals surface area contributed by atoms with E-state index < -0.39 is 11.6 Å². The third-order valence-corrected chi connectivity index (χ3v) is 10.3. The Balaban J connectivity index is 1.25. The van der Waals surface area contributed by atoms with E-state index in [1.807, 2.05) is 6.07 Å². The van der Waals surface area contributed by atoms with Gasteiger partial charge in [0, 0.05) is 48.4 Å². The number of terminal acetylenes is 1. The van der Waals surface area contributed by atoms with Crippen molar-refractivity contribution >= 4 is 27.5 Å². The van der Waals surface area contributed by atoms with E-state index in [9.17, 15) is 9.50 Å². The fourth-order valence-electron chi connectivity index (χ4n) is 8.18. The van der Waals surface area contributed by atoms with E-state index in [0.29, 0.717) is 46.2 Å². The lowest BCUT2D eigenvalue weighted by atomic mass is 9.95. The van der Waals surface area contributed by atoms with E-state index in [-0.39, 0.29) is 41.0 Å². The molecule has 44 heavy (non-hydrogen) atoms. The van der Waals surface area contributed by atoms with Crippen LogP contribution in [0, 0.1) is 24.0 Å². The second-order valence-electron chi connectivity index (χ2n) is 12.7. The van der Waals surface area contributed by atoms with Crippen molar-refractivity contribution < 1.29 is 18.6 Å². The Labute approximate surface area is 254 Å². The molecule has 4 saturated heterocycles. The summed E-state index contributed by atoms with van der Waals surface area (Å²) in [4.78, 5) is 18.7. The molecule has 2 aromatic heterocycles. The lowest BCUT2D eigenvalue weighted by Crippen LogP contribution is -2.51. The predicted octanol–water partition coefficient (Wildman–Crippen LogP) is 4.41. The highest BCUT2D eigenvalue weighted by Gasteiger charge is 2.49. The lowest BCUT2D eigenvalue weighted by molar-refractivity contribution is 0.0644. The zero-order valence-corrected chi connectivity index (χ0v) is 24.4. The summed E-state index contributed by atoms with van der Waals surface area (Å²) < 4.78 is 37.9. The predicted molar refractivity (Wildman–Crippen MR) is 165 cm³/mol. The molecule has 8 rings (SSSR count). The van der Waals surface area contributed by atoms with Crippen molar-refractivity contribution in [2.75, 3.05) is 37.7 Å². The Morgan fingerprint density at radius 1 is 1.09 bits per heavy atom. The van der Waals surface area contributed by atoms with Gasteiger partial charge in [-0.25, -0.2) is 8.78 Å². The van der Waals surface area contributed by atoms with Gasteiger partial charge in [0.05, 0.1) is 23.1 Å². The second-order valence-corrected chi connectivity index (χ2v) is 12.7. The average Bonchev–Trinajstić information content (AvgIpc) is 3.72. The summed E-state index contributed by atoms with van der Waals surface area (Å²) in [5.41, 5.74) is 0.445. The number of piperazine rings is 1. The molecule has 0 radical (unpaired) electrons. The van der Waals surface area contributed by atoms with Gasteiger partial charge in [-0.3, -0.25) is 9.88 Å². The van der Waals surface area contributed by atoms with Crippen molar-refractivity contribution in [3.63, 3.8) is 0 Å². The van der Waals surface area contributed by atoms with Crippen LogP contribution in [-0.4, -0.2) is 81.5 Å². The molecule has 2 aromatic carbocycles. The number of nitrogens with one attached hydrogen (secondary N) is 1. The van der Waals surface area contributed by atoms with Crippen molar-refractivity contribution in [3.05, 3.63) is 53.7 Å². The SMILES string of the molecule is C#Cc1c(F)ccc2cccc(-c3ncc4c(N5CC6CCC(C5)N6)nc(OC[C@]56CCCN5[C@@H](CO)CC6)nc4c3F)c12. The average molecular weight is 597 g/mol. The van der Waals surface area contributed by atoms with Crippen LogP contribution in [0.25, 0.3) is 32.9 Å². The highest BCUT2D eigenvalue weighted by atomic mass is 19.1. The van der Waals surface area contributed by atoms with E-state index in [2.05, 4.69) is 31.0 Å². The number of hydrogen-bond acceptors (Lipinski definition) is 8. The van der Waals surface area contributed by atoms with Gasteiger partial charge < -0.3 is 20.1 Å². The van der Waals surface area contributed by atoms with Crippen LogP contribution < -0.4 is 15.0 Å². The topological polar surface area (TPSA) is 86.6 Å². The molecule has 2 bridgehead atoms. The summed E-state index contributed by atoms with van der Waals surface area (Å²) in [6.07, 6.45) is 13.4. The molecule has 4 aliphatic rings. The first-order chi connectivity index (χ1) is 21.5. The quantitative estimate of drug-likeness (QED) is 0.317. The molecule has 2 unspecified atom stereocenters. The molecule has 6 heterocycles. The molecule has 8 nitrogen and oxygen atoms in total. The molecule has 0 spiro atoms. The normalized spacial score (nSPS) is 26.4. The first-order valence-corrected chi connectivity index (χ1v) is 15.5. The van der Waals surface area contributed by atoms with Crippen LogP contribution in [0.4, 0.5) is 14.6 Å². The summed E-state index contributed by atoms with van der Waals surface area (Å²) in [7, 11) is 0. The van der Waals surface area contributed by atoms with Crippen LogP contribution in [0.3, 0.4) is 0 Å². The number of aliphatic hydroxyl groups excluding tert-OH is 1. The van der Waals surface area contributed by atoms with E-state index in [0.717, 1.165) is 58.2 Å². The molecule has 10 heteroatoms. The van der Waals surface area contributed by atoms with Crippen LogP contribution in [-0.2, 0) is 0 Å². The first kappa shape index (κ1) is 27.6. The fraction of sp³-hybridized carbons (Fsp3) is 0.441. The van der Waals surface area contributed by atoms with Crippen molar-refractivity contribution in [1.29, 1.82) is 0 Å². The maximum atomic E-state index is 16.7. The Hall–Kier alpha value is -3.91. The monoisotopic (exact) mass is 596 g/mol. The Kier molecular flexibility index (Phi) is 6.67. The van der Waals surface area contributed by atoms with Gasteiger partial charge in [0.1, 0.15) is 29.5 Å². The standard InChI is InChI=1S/C34H34F2N6O2/c1-2-24-27(35)10-7-20-5-3-6-25(28(20)24)30-29(36)31-26(15-37-30)32(41-16-21-8-9-22(17-41)38-21)40-33(39-31)44-19-34-12-4-14-42(34)23(18-43)11-13-34/h1,3,5-7,10,15,21-23,38,43H,4,8-9,11-14,16-19H2/t21?,22?,23-,34-/m1/s1. The number of aromatic nitrogens is 3. The van der Waals surface area contributed by atoms with Crippen molar-refractivity contribution in [2.24, 2.45) is 0 Å². The van der Waals surface area contributed by atoms with Crippen molar-refractivity contribution in [3.8, 4) is 29.6 Å². The van der Waals surface area contributed by atoms with Gasteiger partial charge in [-0.2, -0.15) is 9.97 Å². The summed E-state index contributed by atoms with van der Waals surface area (Å²) in [5, 5.41) is 15.2. The molecule has 4 aromatic rings. The van der Waals surface area contributed by atoms with Gasteiger partial charge in [-0.05, 0) is 56.5 Å². The number of fused-ring (bicyclic) bond motifs is 5. The highest BCUT2D eigenvalue weighted by Crippen LogP contribution is 2.43. The minimum absolute atomic E-state index is 0.0447. The third-order valence-electron chi connectivity index (χ3n) is 10.3. The maximum absolute atomic E-state index is 16.7. The van der Waals surface area contributed by atoms with Crippen LogP contribution in [0.1, 0.15) is 44.1 Å². The summed E-state index contributed by atoms with van der Waals surface area (Å²) >= 11 is 0. The summed E-state index contributed by atoms with van der Waals surface area (Å²) in [6, 6.07) is 9.21. The largest absolute Gasteiger partial charge is 0.461 e. The number of aliphatic hydroxyl groups is 1. The molecule has 4 aliphatic heterocycles. The van der Waals surface area contributed by atoms with E-state index in [1.165, 1.54) is 6.07 Å². The van der Waals surface area contributed by atoms with Crippen molar-refractivity contribution in [1.82, 2.24) is 25.2 Å². The van der Waals surface area contributed by atoms with E-state index >= 15 is 4.39 Å². The molecule has 4 atom stereocenters. The molecule has 4 fully saturated rings. The number of benzene rings is 2. The van der Waals surface area contributed by atoms with Crippen LogP contribution in [0.5, 0.6) is 6.01 Å². The number of anilines is 1. The smallest absolute Gasteiger partial charge is 0.319 e. The first-order valence-electron chi connectivity index (χ1n) is 15.5. The van der Waals surface area contributed by atoms with Gasteiger partial charge in [-0.1, -0.05) is 30.2 Å². The number of pyridine rings is 1. The molecule has 0 amide bonds. The van der Waals surface area contributed by atoms with E-state index in [4.69, 9.17) is 16.1 Å². The van der Waals surface area contributed by atoms with Gasteiger partial charge >= 0.3 is 6.01 Å². The minimum atomic E-state index is -0.629. The zero-order chi connectivity index (χ0) is 30.0. The van der Waals surface area contributed by atoms with Crippen LogP contribution in [0.15, 0.2) is 36.5 Å². The zero-order valence-electron chi connectivity index (χ0n) is 24.4. The maximum Gasteiger partial charge on any atom is 0.319 e. The van der Waals surface area contributed by atoms with Gasteiger partial charge in [0.15, 0.2) is 5.82 Å². The van der Waals surface area contributed by atoms with Crippen LogP contribution >= 0.6 is 0 Å². The Bertz CT molecular complexity index is 1820. The number of nitrogens with zero attached hydrogens (tertiary/aromatic N) is 5.